The Morgan fingerprint density at radius 1 is 1.42 bits per heavy atom. The number of rotatable bonds is 4. The summed E-state index contributed by atoms with van der Waals surface area (Å²) >= 11 is 0. The minimum absolute atomic E-state index is 0.152. The molecule has 0 radical (unpaired) electrons. The number of hydrogen-bond acceptors (Lipinski definition) is 2. The van der Waals surface area contributed by atoms with Crippen LogP contribution in [0.2, 0.25) is 0 Å². The number of amides is 1. The van der Waals surface area contributed by atoms with Gasteiger partial charge in [-0.05, 0) is 17.9 Å². The molecule has 4 nitrogen and oxygen atoms in total. The maximum Gasteiger partial charge on any atom is 0.226 e. The van der Waals surface area contributed by atoms with Crippen molar-refractivity contribution in [1.29, 1.82) is 0 Å². The first-order valence-corrected chi connectivity index (χ1v) is 6.53. The predicted molar refractivity (Wildman–Crippen MR) is 72.4 cm³/mol. The molecule has 19 heavy (non-hydrogen) atoms. The number of H-pyrrole nitrogens is 1. The van der Waals surface area contributed by atoms with E-state index < -0.39 is 0 Å². The molecule has 0 saturated heterocycles. The van der Waals surface area contributed by atoms with Crippen molar-refractivity contribution < 1.29 is 4.79 Å². The maximum atomic E-state index is 12.3. The summed E-state index contributed by atoms with van der Waals surface area (Å²) in [6.07, 6.45) is 4.55. The van der Waals surface area contributed by atoms with Crippen molar-refractivity contribution in [3.8, 4) is 0 Å². The second-order valence-electron chi connectivity index (χ2n) is 5.16. The van der Waals surface area contributed by atoms with E-state index >= 15 is 0 Å². The summed E-state index contributed by atoms with van der Waals surface area (Å²) in [7, 11) is 1.86. The highest BCUT2D eigenvalue weighted by Crippen LogP contribution is 2.48. The van der Waals surface area contributed by atoms with Gasteiger partial charge in [-0.15, -0.1) is 0 Å². The summed E-state index contributed by atoms with van der Waals surface area (Å²) < 4.78 is 0. The van der Waals surface area contributed by atoms with E-state index in [2.05, 4.69) is 22.3 Å². The van der Waals surface area contributed by atoms with Crippen molar-refractivity contribution in [3.05, 3.63) is 53.9 Å². The average Bonchev–Trinajstić information content (AvgIpc) is 3.09. The lowest BCUT2D eigenvalue weighted by Crippen LogP contribution is -2.27. The van der Waals surface area contributed by atoms with Crippen molar-refractivity contribution in [2.24, 2.45) is 5.92 Å². The van der Waals surface area contributed by atoms with Crippen molar-refractivity contribution in [1.82, 2.24) is 15.1 Å². The zero-order chi connectivity index (χ0) is 13.2. The van der Waals surface area contributed by atoms with Gasteiger partial charge < -0.3 is 4.90 Å². The molecule has 1 N–H and O–H groups in total. The molecule has 0 aliphatic heterocycles. The van der Waals surface area contributed by atoms with Gasteiger partial charge in [0, 0.05) is 31.3 Å². The molecule has 2 atom stereocenters. The minimum Gasteiger partial charge on any atom is -0.341 e. The van der Waals surface area contributed by atoms with E-state index in [1.54, 1.807) is 11.1 Å². The van der Waals surface area contributed by atoms with Gasteiger partial charge in [-0.3, -0.25) is 9.89 Å². The topological polar surface area (TPSA) is 49.0 Å². The van der Waals surface area contributed by atoms with E-state index in [4.69, 9.17) is 0 Å². The Hall–Kier alpha value is -2.10. The van der Waals surface area contributed by atoms with E-state index in [0.717, 1.165) is 12.0 Å². The molecule has 1 aromatic heterocycles. The first kappa shape index (κ1) is 12.0. The van der Waals surface area contributed by atoms with E-state index in [1.807, 2.05) is 31.4 Å². The number of carbonyl (C=O) groups is 1. The van der Waals surface area contributed by atoms with Crippen LogP contribution in [-0.4, -0.2) is 28.1 Å². The lowest BCUT2D eigenvalue weighted by atomic mass is 10.1. The van der Waals surface area contributed by atoms with Gasteiger partial charge in [0.2, 0.25) is 5.91 Å². The lowest BCUT2D eigenvalue weighted by molar-refractivity contribution is -0.131. The van der Waals surface area contributed by atoms with Gasteiger partial charge >= 0.3 is 0 Å². The van der Waals surface area contributed by atoms with Crippen LogP contribution in [0.5, 0.6) is 0 Å². The molecule has 2 aromatic rings. The first-order chi connectivity index (χ1) is 9.25. The van der Waals surface area contributed by atoms with Crippen LogP contribution < -0.4 is 0 Å². The average molecular weight is 255 g/mol. The Morgan fingerprint density at radius 2 is 2.21 bits per heavy atom. The lowest BCUT2D eigenvalue weighted by Gasteiger charge is -2.16. The first-order valence-electron chi connectivity index (χ1n) is 6.53. The summed E-state index contributed by atoms with van der Waals surface area (Å²) in [5.41, 5.74) is 2.31. The molecular weight excluding hydrogens is 238 g/mol. The highest BCUT2D eigenvalue weighted by Gasteiger charge is 2.44. The van der Waals surface area contributed by atoms with Crippen LogP contribution >= 0.6 is 0 Å². The molecule has 4 heteroatoms. The smallest absolute Gasteiger partial charge is 0.226 e. The summed E-state index contributed by atoms with van der Waals surface area (Å²) in [4.78, 5) is 14.1. The van der Waals surface area contributed by atoms with Gasteiger partial charge in [0.1, 0.15) is 0 Å². The molecule has 0 bridgehead atoms. The van der Waals surface area contributed by atoms with Crippen LogP contribution in [-0.2, 0) is 11.3 Å². The second-order valence-corrected chi connectivity index (χ2v) is 5.16. The van der Waals surface area contributed by atoms with Crippen molar-refractivity contribution >= 4 is 5.91 Å². The van der Waals surface area contributed by atoms with Crippen molar-refractivity contribution in [2.75, 3.05) is 7.05 Å². The third kappa shape index (κ3) is 2.52. The number of aromatic nitrogens is 2. The van der Waals surface area contributed by atoms with Crippen LogP contribution in [0.1, 0.15) is 23.5 Å². The Balaban J connectivity index is 1.60. The van der Waals surface area contributed by atoms with Crippen LogP contribution in [0.25, 0.3) is 0 Å². The third-order valence-electron chi connectivity index (χ3n) is 3.69. The molecule has 0 spiro atoms. The molecule has 1 saturated carbocycles. The molecule has 98 valence electrons. The van der Waals surface area contributed by atoms with Gasteiger partial charge in [0.05, 0.1) is 6.20 Å². The van der Waals surface area contributed by atoms with Gasteiger partial charge in [-0.2, -0.15) is 5.10 Å². The number of carbonyl (C=O) groups excluding carboxylic acids is 1. The summed E-state index contributed by atoms with van der Waals surface area (Å²) in [5.74, 6) is 0.787. The summed E-state index contributed by atoms with van der Waals surface area (Å²) in [5, 5.41) is 6.66. The van der Waals surface area contributed by atoms with Gasteiger partial charge in [0.25, 0.3) is 0 Å². The van der Waals surface area contributed by atoms with Crippen LogP contribution in [0.3, 0.4) is 0 Å². The molecule has 1 amide bonds. The highest BCUT2D eigenvalue weighted by atomic mass is 16.2. The summed E-state index contributed by atoms with van der Waals surface area (Å²) in [6, 6.07) is 10.3. The van der Waals surface area contributed by atoms with E-state index in [9.17, 15) is 4.79 Å². The third-order valence-corrected chi connectivity index (χ3v) is 3.69. The van der Waals surface area contributed by atoms with Crippen molar-refractivity contribution in [3.63, 3.8) is 0 Å². The zero-order valence-corrected chi connectivity index (χ0v) is 10.9. The maximum absolute atomic E-state index is 12.3. The molecule has 1 aliphatic rings. The van der Waals surface area contributed by atoms with E-state index in [-0.39, 0.29) is 11.8 Å². The standard InChI is InChI=1S/C15H17N3O/c1-18(10-11-8-16-17-9-11)15(19)14-7-13(14)12-5-3-2-4-6-12/h2-6,8-9,13-14H,7,10H2,1H3,(H,16,17). The summed E-state index contributed by atoms with van der Waals surface area (Å²) in [6.45, 7) is 0.618. The van der Waals surface area contributed by atoms with E-state index in [1.165, 1.54) is 5.56 Å². The van der Waals surface area contributed by atoms with Crippen LogP contribution in [0.15, 0.2) is 42.7 Å². The highest BCUT2D eigenvalue weighted by molar-refractivity contribution is 5.82. The SMILES string of the molecule is CN(Cc1cn[nH]c1)C(=O)C1CC1c1ccccc1. The largest absolute Gasteiger partial charge is 0.341 e. The Morgan fingerprint density at radius 3 is 2.89 bits per heavy atom. The number of hydrogen-bond donors (Lipinski definition) is 1. The molecule has 1 aliphatic carbocycles. The minimum atomic E-state index is 0.152. The van der Waals surface area contributed by atoms with Gasteiger partial charge in [-0.1, -0.05) is 30.3 Å². The molecule has 2 unspecified atom stereocenters. The fourth-order valence-electron chi connectivity index (χ4n) is 2.54. The fourth-order valence-corrected chi connectivity index (χ4v) is 2.54. The molecule has 1 heterocycles. The van der Waals surface area contributed by atoms with E-state index in [0.29, 0.717) is 12.5 Å². The predicted octanol–water partition coefficient (Wildman–Crippen LogP) is 2.17. The number of nitrogens with zero attached hydrogens (tertiary/aromatic N) is 2. The van der Waals surface area contributed by atoms with Crippen molar-refractivity contribution in [2.45, 2.75) is 18.9 Å². The number of nitrogens with one attached hydrogen (secondary N) is 1. The van der Waals surface area contributed by atoms with Gasteiger partial charge in [-0.25, -0.2) is 0 Å². The quantitative estimate of drug-likeness (QED) is 0.910. The number of benzene rings is 1. The molecule has 3 rings (SSSR count). The monoisotopic (exact) mass is 255 g/mol. The second kappa shape index (κ2) is 4.88. The fraction of sp³-hybridized carbons (Fsp3) is 0.333. The number of aromatic amines is 1. The molecule has 1 aromatic carbocycles. The normalized spacial score (nSPS) is 21.1. The zero-order valence-electron chi connectivity index (χ0n) is 10.9. The Labute approximate surface area is 112 Å². The van der Waals surface area contributed by atoms with Gasteiger partial charge in [0.15, 0.2) is 0 Å². The van der Waals surface area contributed by atoms with Crippen LogP contribution in [0.4, 0.5) is 0 Å². The Bertz CT molecular complexity index is 550. The van der Waals surface area contributed by atoms with Crippen LogP contribution in [0, 0.1) is 5.92 Å². The Kier molecular flexibility index (Phi) is 3.07. The molecular formula is C15H17N3O. The molecule has 1 fully saturated rings.